The molecule has 0 amide bonds. The second-order valence-electron chi connectivity index (χ2n) is 3.64. The molecule has 1 aromatic carbocycles. The molecule has 0 aromatic heterocycles. The molecule has 1 fully saturated rings. The summed E-state index contributed by atoms with van der Waals surface area (Å²) in [5.74, 6) is 0.105. The Hall–Kier alpha value is -0.890. The lowest BCUT2D eigenvalue weighted by Gasteiger charge is -2.41. The third-order valence-electron chi connectivity index (χ3n) is 2.78. The molecule has 4 heteroatoms. The van der Waals surface area contributed by atoms with Crippen molar-refractivity contribution in [3.8, 4) is 6.07 Å². The van der Waals surface area contributed by atoms with Crippen LogP contribution in [0.25, 0.3) is 0 Å². The molecule has 1 heterocycles. The third kappa shape index (κ3) is 1.91. The Bertz CT molecular complexity index is 385. The number of nitrogens with zero attached hydrogens (tertiary/aromatic N) is 1. The van der Waals surface area contributed by atoms with Crippen molar-refractivity contribution in [2.75, 3.05) is 6.61 Å². The molecule has 1 aromatic rings. The van der Waals surface area contributed by atoms with Crippen LogP contribution in [0.5, 0.6) is 0 Å². The number of hydrogen-bond acceptors (Lipinski definition) is 3. The number of hydrogen-bond donors (Lipinski definition) is 2. The van der Waals surface area contributed by atoms with Crippen LogP contribution in [0.3, 0.4) is 0 Å². The van der Waals surface area contributed by atoms with E-state index < -0.39 is 0 Å². The molecule has 78 valence electrons. The molecule has 0 saturated carbocycles. The normalized spacial score (nSPS) is 29.3. The minimum Gasteiger partial charge on any atom is -0.395 e. The number of nitrogens with one attached hydrogen (secondary N) is 1. The zero-order chi connectivity index (χ0) is 10.8. The minimum absolute atomic E-state index is 0.0100. The number of nitriles is 1. The summed E-state index contributed by atoms with van der Waals surface area (Å²) in [6.07, 6.45) is 0. The van der Waals surface area contributed by atoms with E-state index in [1.807, 2.05) is 24.3 Å². The number of halogens is 1. The third-order valence-corrected chi connectivity index (χ3v) is 3.31. The zero-order valence-electron chi connectivity index (χ0n) is 8.02. The first-order valence-electron chi connectivity index (χ1n) is 4.78. The van der Waals surface area contributed by atoms with Gasteiger partial charge in [0.25, 0.3) is 0 Å². The summed E-state index contributed by atoms with van der Waals surface area (Å²) >= 11 is 3.37. The molecule has 2 N–H and O–H groups in total. The van der Waals surface area contributed by atoms with Gasteiger partial charge in [-0.15, -0.1) is 0 Å². The molecular formula is C11H11BrN2O. The van der Waals surface area contributed by atoms with E-state index in [-0.39, 0.29) is 24.6 Å². The first kappa shape index (κ1) is 10.6. The van der Waals surface area contributed by atoms with Gasteiger partial charge in [-0.2, -0.15) is 5.26 Å². The Morgan fingerprint density at radius 2 is 2.07 bits per heavy atom. The predicted molar refractivity (Wildman–Crippen MR) is 60.3 cm³/mol. The second kappa shape index (κ2) is 4.31. The van der Waals surface area contributed by atoms with Gasteiger partial charge in [-0.25, -0.2) is 0 Å². The lowest BCUT2D eigenvalue weighted by atomic mass is 9.78. The van der Waals surface area contributed by atoms with Crippen LogP contribution in [0.2, 0.25) is 0 Å². The number of rotatable bonds is 2. The van der Waals surface area contributed by atoms with Crippen LogP contribution in [-0.4, -0.2) is 23.8 Å². The van der Waals surface area contributed by atoms with E-state index in [1.54, 1.807) is 0 Å². The molecule has 1 saturated heterocycles. The molecule has 2 rings (SSSR count). The number of aliphatic hydroxyl groups is 1. The molecule has 3 nitrogen and oxygen atoms in total. The van der Waals surface area contributed by atoms with Gasteiger partial charge in [-0.1, -0.05) is 28.1 Å². The van der Waals surface area contributed by atoms with Gasteiger partial charge in [-0.05, 0) is 17.7 Å². The fourth-order valence-electron chi connectivity index (χ4n) is 1.95. The van der Waals surface area contributed by atoms with Crippen LogP contribution in [0.15, 0.2) is 28.7 Å². The SMILES string of the molecule is N#C[C@@H]1N[C@H](CO)[C@@H]1c1ccc(Br)cc1. The summed E-state index contributed by atoms with van der Waals surface area (Å²) in [7, 11) is 0. The molecule has 0 radical (unpaired) electrons. The first-order valence-corrected chi connectivity index (χ1v) is 5.57. The van der Waals surface area contributed by atoms with Gasteiger partial charge in [0, 0.05) is 16.4 Å². The van der Waals surface area contributed by atoms with Crippen LogP contribution >= 0.6 is 15.9 Å². The van der Waals surface area contributed by atoms with Crippen molar-refractivity contribution in [2.24, 2.45) is 0 Å². The maximum atomic E-state index is 9.10. The summed E-state index contributed by atoms with van der Waals surface area (Å²) in [6, 6.07) is 9.91. The molecule has 0 spiro atoms. The number of aliphatic hydroxyl groups excluding tert-OH is 1. The van der Waals surface area contributed by atoms with Crippen LogP contribution < -0.4 is 5.32 Å². The topological polar surface area (TPSA) is 56.0 Å². The average molecular weight is 267 g/mol. The lowest BCUT2D eigenvalue weighted by Crippen LogP contribution is -2.60. The van der Waals surface area contributed by atoms with Gasteiger partial charge in [-0.3, -0.25) is 5.32 Å². The molecule has 0 unspecified atom stereocenters. The monoisotopic (exact) mass is 266 g/mol. The molecule has 15 heavy (non-hydrogen) atoms. The largest absolute Gasteiger partial charge is 0.395 e. The van der Waals surface area contributed by atoms with Crippen molar-refractivity contribution >= 4 is 15.9 Å². The maximum absolute atomic E-state index is 9.10. The highest BCUT2D eigenvalue weighted by Crippen LogP contribution is 2.32. The van der Waals surface area contributed by atoms with Crippen LogP contribution in [0.4, 0.5) is 0 Å². The Morgan fingerprint density at radius 1 is 1.40 bits per heavy atom. The van der Waals surface area contributed by atoms with E-state index >= 15 is 0 Å². The van der Waals surface area contributed by atoms with Crippen molar-refractivity contribution in [1.29, 1.82) is 5.26 Å². The smallest absolute Gasteiger partial charge is 0.104 e. The predicted octanol–water partition coefficient (Wildman–Crippen LogP) is 1.39. The summed E-state index contributed by atoms with van der Waals surface area (Å²) in [5.41, 5.74) is 1.10. The first-order chi connectivity index (χ1) is 7.26. The molecule has 0 bridgehead atoms. The van der Waals surface area contributed by atoms with Gasteiger partial charge in [0.2, 0.25) is 0 Å². The van der Waals surface area contributed by atoms with Crippen LogP contribution in [0, 0.1) is 11.3 Å². The molecular weight excluding hydrogens is 256 g/mol. The van der Waals surface area contributed by atoms with Crippen LogP contribution in [-0.2, 0) is 0 Å². The minimum atomic E-state index is -0.177. The Labute approximate surface area is 96.9 Å². The molecule has 0 aliphatic carbocycles. The summed E-state index contributed by atoms with van der Waals surface area (Å²) < 4.78 is 1.02. The van der Waals surface area contributed by atoms with Crippen molar-refractivity contribution < 1.29 is 5.11 Å². The van der Waals surface area contributed by atoms with Crippen molar-refractivity contribution in [3.63, 3.8) is 0 Å². The zero-order valence-corrected chi connectivity index (χ0v) is 9.61. The van der Waals surface area contributed by atoms with Crippen LogP contribution in [0.1, 0.15) is 11.5 Å². The lowest BCUT2D eigenvalue weighted by molar-refractivity contribution is 0.151. The van der Waals surface area contributed by atoms with E-state index in [0.717, 1.165) is 10.0 Å². The van der Waals surface area contributed by atoms with Crippen molar-refractivity contribution in [1.82, 2.24) is 5.32 Å². The van der Waals surface area contributed by atoms with E-state index in [2.05, 4.69) is 27.3 Å². The van der Waals surface area contributed by atoms with E-state index in [0.29, 0.717) is 0 Å². The summed E-state index contributed by atoms with van der Waals surface area (Å²) in [5, 5.41) is 21.0. The average Bonchev–Trinajstić information content (AvgIpc) is 2.21. The summed E-state index contributed by atoms with van der Waals surface area (Å²) in [6.45, 7) is 0.0684. The highest BCUT2D eigenvalue weighted by molar-refractivity contribution is 9.10. The van der Waals surface area contributed by atoms with E-state index in [9.17, 15) is 0 Å². The van der Waals surface area contributed by atoms with Crippen molar-refractivity contribution in [2.45, 2.75) is 18.0 Å². The second-order valence-corrected chi connectivity index (χ2v) is 4.56. The van der Waals surface area contributed by atoms with Gasteiger partial charge in [0.1, 0.15) is 6.04 Å². The Kier molecular flexibility index (Phi) is 3.06. The number of benzene rings is 1. The Morgan fingerprint density at radius 3 is 2.60 bits per heavy atom. The van der Waals surface area contributed by atoms with Gasteiger partial charge in [0.15, 0.2) is 0 Å². The van der Waals surface area contributed by atoms with Gasteiger partial charge < -0.3 is 5.11 Å². The fourth-order valence-corrected chi connectivity index (χ4v) is 2.21. The quantitative estimate of drug-likeness (QED) is 0.851. The fraction of sp³-hybridized carbons (Fsp3) is 0.364. The molecule has 1 aliphatic heterocycles. The van der Waals surface area contributed by atoms with E-state index in [1.165, 1.54) is 0 Å². The van der Waals surface area contributed by atoms with Gasteiger partial charge >= 0.3 is 0 Å². The van der Waals surface area contributed by atoms with Crippen molar-refractivity contribution in [3.05, 3.63) is 34.3 Å². The standard InChI is InChI=1S/C11H11BrN2O/c12-8-3-1-7(2-4-8)11-9(5-13)14-10(11)6-15/h1-4,9-11,14-15H,6H2/t9-,10+,11+/m0/s1. The van der Waals surface area contributed by atoms with E-state index in [4.69, 9.17) is 10.4 Å². The molecule has 1 aliphatic rings. The Balaban J connectivity index is 2.21. The highest BCUT2D eigenvalue weighted by Gasteiger charge is 2.40. The highest BCUT2D eigenvalue weighted by atomic mass is 79.9. The van der Waals surface area contributed by atoms with Gasteiger partial charge in [0.05, 0.1) is 12.7 Å². The summed E-state index contributed by atoms with van der Waals surface area (Å²) in [4.78, 5) is 0. The maximum Gasteiger partial charge on any atom is 0.104 e. The molecule has 3 atom stereocenters.